The van der Waals surface area contributed by atoms with E-state index in [-0.39, 0.29) is 5.60 Å². The van der Waals surface area contributed by atoms with Gasteiger partial charge < -0.3 is 20.1 Å². The lowest BCUT2D eigenvalue weighted by molar-refractivity contribution is 0.125. The molecule has 0 saturated carbocycles. The van der Waals surface area contributed by atoms with Gasteiger partial charge in [0.25, 0.3) is 0 Å². The van der Waals surface area contributed by atoms with E-state index in [0.29, 0.717) is 18.2 Å². The van der Waals surface area contributed by atoms with Crippen LogP contribution < -0.4 is 15.4 Å². The van der Waals surface area contributed by atoms with Crippen molar-refractivity contribution in [3.05, 3.63) is 12.1 Å². The maximum atomic E-state index is 5.93. The fourth-order valence-corrected chi connectivity index (χ4v) is 1.74. The lowest BCUT2D eigenvalue weighted by atomic mass is 10.2. The van der Waals surface area contributed by atoms with Gasteiger partial charge in [0.2, 0.25) is 5.88 Å². The normalized spacial score (nSPS) is 11.4. The smallest absolute Gasteiger partial charge is 0.239 e. The van der Waals surface area contributed by atoms with Gasteiger partial charge in [-0.15, -0.1) is 0 Å². The molecule has 0 spiro atoms. The number of rotatable bonds is 7. The average molecular weight is 281 g/mol. The van der Waals surface area contributed by atoms with Gasteiger partial charge in [0.15, 0.2) is 0 Å². The molecule has 0 unspecified atom stereocenters. The zero-order chi connectivity index (χ0) is 15.2. The number of nitrogens with zero attached hydrogens (tertiary/aromatic N) is 2. The van der Waals surface area contributed by atoms with Crippen LogP contribution in [0.15, 0.2) is 12.1 Å². The summed E-state index contributed by atoms with van der Waals surface area (Å²) in [7, 11) is 0. The molecule has 0 saturated heterocycles. The highest BCUT2D eigenvalue weighted by atomic mass is 16.5. The fourth-order valence-electron chi connectivity index (χ4n) is 1.74. The molecule has 0 aliphatic rings. The molecule has 0 aliphatic carbocycles. The summed E-state index contributed by atoms with van der Waals surface area (Å²) in [4.78, 5) is 6.67. The van der Waals surface area contributed by atoms with Crippen LogP contribution in [0.5, 0.6) is 5.88 Å². The summed E-state index contributed by atoms with van der Waals surface area (Å²) < 4.78 is 11.2. The minimum atomic E-state index is -0.317. The first-order valence-electron chi connectivity index (χ1n) is 7.15. The maximum Gasteiger partial charge on any atom is 0.239 e. The van der Waals surface area contributed by atoms with Gasteiger partial charge in [-0.05, 0) is 46.8 Å². The summed E-state index contributed by atoms with van der Waals surface area (Å²) in [5.74, 6) is 1.35. The third-order valence-corrected chi connectivity index (χ3v) is 2.69. The molecule has 114 valence electrons. The molecule has 1 aromatic heterocycles. The van der Waals surface area contributed by atoms with E-state index in [0.717, 1.165) is 25.5 Å². The summed E-state index contributed by atoms with van der Waals surface area (Å²) in [6.07, 6.45) is 0. The van der Waals surface area contributed by atoms with Gasteiger partial charge in [-0.3, -0.25) is 0 Å². The van der Waals surface area contributed by atoms with Crippen molar-refractivity contribution in [1.29, 1.82) is 0 Å². The van der Waals surface area contributed by atoms with Gasteiger partial charge in [0, 0.05) is 19.7 Å². The first-order chi connectivity index (χ1) is 9.37. The van der Waals surface area contributed by atoms with Crippen LogP contribution in [0.4, 0.5) is 11.5 Å². The predicted molar refractivity (Wildman–Crippen MR) is 83.4 cm³/mol. The van der Waals surface area contributed by atoms with Gasteiger partial charge in [-0.25, -0.2) is 0 Å². The lowest BCUT2D eigenvalue weighted by Crippen LogP contribution is -2.29. The number of pyridine rings is 1. The Kier molecular flexibility index (Phi) is 6.07. The van der Waals surface area contributed by atoms with Crippen LogP contribution in [0.25, 0.3) is 0 Å². The SMILES string of the molecule is CCOCCN(CC)c1ccc(N)c(OC(C)(C)C)n1. The number of ether oxygens (including phenoxy) is 2. The predicted octanol–water partition coefficient (Wildman–Crippen LogP) is 2.70. The molecule has 5 heteroatoms. The zero-order valence-corrected chi connectivity index (χ0v) is 13.3. The minimum absolute atomic E-state index is 0.317. The van der Waals surface area contributed by atoms with Gasteiger partial charge in [-0.2, -0.15) is 4.98 Å². The largest absolute Gasteiger partial charge is 0.470 e. The second-order valence-corrected chi connectivity index (χ2v) is 5.55. The number of nitrogen functional groups attached to an aromatic ring is 1. The van der Waals surface area contributed by atoms with Crippen LogP contribution in [0, 0.1) is 0 Å². The van der Waals surface area contributed by atoms with Crippen molar-refractivity contribution in [2.24, 2.45) is 0 Å². The standard InChI is InChI=1S/C15H27N3O2/c1-6-18(10-11-19-7-2)13-9-8-12(16)14(17-13)20-15(3,4)5/h8-9H,6-7,10-11,16H2,1-5H3. The molecule has 0 amide bonds. The molecule has 0 fully saturated rings. The monoisotopic (exact) mass is 281 g/mol. The van der Waals surface area contributed by atoms with Crippen LogP contribution in [0.3, 0.4) is 0 Å². The highest BCUT2D eigenvalue weighted by Crippen LogP contribution is 2.26. The van der Waals surface area contributed by atoms with Crippen molar-refractivity contribution >= 4 is 11.5 Å². The Balaban J connectivity index is 2.86. The van der Waals surface area contributed by atoms with Crippen molar-refractivity contribution in [3.8, 4) is 5.88 Å². The van der Waals surface area contributed by atoms with E-state index in [1.807, 2.05) is 39.8 Å². The molecule has 1 aromatic rings. The van der Waals surface area contributed by atoms with E-state index in [1.165, 1.54) is 0 Å². The van der Waals surface area contributed by atoms with Crippen LogP contribution in [0.2, 0.25) is 0 Å². The van der Waals surface area contributed by atoms with Gasteiger partial charge >= 0.3 is 0 Å². The Morgan fingerprint density at radius 1 is 1.25 bits per heavy atom. The molecule has 1 heterocycles. The number of hydrogen-bond donors (Lipinski definition) is 1. The van der Waals surface area contributed by atoms with Crippen LogP contribution >= 0.6 is 0 Å². The maximum absolute atomic E-state index is 5.93. The molecule has 0 aliphatic heterocycles. The second kappa shape index (κ2) is 7.33. The topological polar surface area (TPSA) is 60.6 Å². The first-order valence-corrected chi connectivity index (χ1v) is 7.15. The van der Waals surface area contributed by atoms with E-state index in [4.69, 9.17) is 15.2 Å². The van der Waals surface area contributed by atoms with E-state index < -0.39 is 0 Å². The molecule has 1 rings (SSSR count). The molecule has 20 heavy (non-hydrogen) atoms. The van der Waals surface area contributed by atoms with Gasteiger partial charge in [0.05, 0.1) is 12.3 Å². The van der Waals surface area contributed by atoms with Gasteiger partial charge in [-0.1, -0.05) is 0 Å². The number of hydrogen-bond acceptors (Lipinski definition) is 5. The number of anilines is 2. The molecular weight excluding hydrogens is 254 g/mol. The summed E-state index contributed by atoms with van der Waals surface area (Å²) in [5, 5.41) is 0. The molecule has 0 radical (unpaired) electrons. The third-order valence-electron chi connectivity index (χ3n) is 2.69. The minimum Gasteiger partial charge on any atom is -0.470 e. The van der Waals surface area contributed by atoms with E-state index in [9.17, 15) is 0 Å². The van der Waals surface area contributed by atoms with Crippen molar-refractivity contribution in [1.82, 2.24) is 4.98 Å². The van der Waals surface area contributed by atoms with Crippen molar-refractivity contribution in [2.45, 2.75) is 40.2 Å². The number of likely N-dealkylation sites (N-methyl/N-ethyl adjacent to an activating group) is 1. The van der Waals surface area contributed by atoms with Crippen molar-refractivity contribution in [2.75, 3.05) is 36.9 Å². The van der Waals surface area contributed by atoms with Gasteiger partial charge in [0.1, 0.15) is 11.4 Å². The van der Waals surface area contributed by atoms with Crippen LogP contribution in [-0.4, -0.2) is 36.9 Å². The molecule has 2 N–H and O–H groups in total. The Morgan fingerprint density at radius 2 is 1.95 bits per heavy atom. The summed E-state index contributed by atoms with van der Waals surface area (Å²) in [6, 6.07) is 3.76. The Morgan fingerprint density at radius 3 is 2.50 bits per heavy atom. The average Bonchev–Trinajstić information content (AvgIpc) is 2.36. The number of aromatic nitrogens is 1. The lowest BCUT2D eigenvalue weighted by Gasteiger charge is -2.25. The highest BCUT2D eigenvalue weighted by molar-refractivity contribution is 5.54. The van der Waals surface area contributed by atoms with Crippen molar-refractivity contribution < 1.29 is 9.47 Å². The Hall–Kier alpha value is -1.49. The zero-order valence-electron chi connectivity index (χ0n) is 13.3. The summed E-state index contributed by atoms with van der Waals surface area (Å²) in [5.41, 5.74) is 6.17. The molecule has 0 bridgehead atoms. The molecule has 0 atom stereocenters. The second-order valence-electron chi connectivity index (χ2n) is 5.55. The molecule has 0 aromatic carbocycles. The van der Waals surface area contributed by atoms with Crippen molar-refractivity contribution in [3.63, 3.8) is 0 Å². The number of nitrogens with two attached hydrogens (primary N) is 1. The highest BCUT2D eigenvalue weighted by Gasteiger charge is 2.16. The molecule has 5 nitrogen and oxygen atoms in total. The van der Waals surface area contributed by atoms with Crippen LogP contribution in [-0.2, 0) is 4.74 Å². The van der Waals surface area contributed by atoms with E-state index in [1.54, 1.807) is 0 Å². The van der Waals surface area contributed by atoms with E-state index in [2.05, 4.69) is 16.8 Å². The summed E-state index contributed by atoms with van der Waals surface area (Å²) in [6.45, 7) is 13.1. The Bertz CT molecular complexity index is 416. The molecular formula is C15H27N3O2. The quantitative estimate of drug-likeness (QED) is 0.779. The Labute approximate surface area is 122 Å². The van der Waals surface area contributed by atoms with E-state index >= 15 is 0 Å². The fraction of sp³-hybridized carbons (Fsp3) is 0.667. The third kappa shape index (κ3) is 5.25. The van der Waals surface area contributed by atoms with Crippen LogP contribution in [0.1, 0.15) is 34.6 Å². The summed E-state index contributed by atoms with van der Waals surface area (Å²) >= 11 is 0. The first kappa shape index (κ1) is 16.6.